The van der Waals surface area contributed by atoms with E-state index >= 15 is 0 Å². The first-order valence-corrected chi connectivity index (χ1v) is 35.1. The molecule has 0 aliphatic carbocycles. The summed E-state index contributed by atoms with van der Waals surface area (Å²) >= 11 is 0. The van der Waals surface area contributed by atoms with E-state index in [-0.39, 0.29) is 18.5 Å². The third-order valence-electron chi connectivity index (χ3n) is 16.5. The Balaban J connectivity index is 3.34. The minimum atomic E-state index is -0.661. The predicted octanol–water partition coefficient (Wildman–Crippen LogP) is 22.5. The normalized spacial score (nSPS) is 12.6. The zero-order valence-corrected chi connectivity index (χ0v) is 52.2. The van der Waals surface area contributed by atoms with Crippen LogP contribution in [-0.4, -0.2) is 47.4 Å². The number of aliphatic hydroxyl groups is 2. The van der Waals surface area contributed by atoms with Gasteiger partial charge >= 0.3 is 5.97 Å². The van der Waals surface area contributed by atoms with Gasteiger partial charge in [0, 0.05) is 12.8 Å². The number of esters is 1. The first-order valence-electron chi connectivity index (χ1n) is 35.1. The molecule has 0 fully saturated rings. The zero-order chi connectivity index (χ0) is 55.7. The molecule has 2 atom stereocenters. The molecule has 0 aromatic rings. The molecule has 1 amide bonds. The van der Waals surface area contributed by atoms with Gasteiger partial charge in [0.05, 0.1) is 25.4 Å². The summed E-state index contributed by atoms with van der Waals surface area (Å²) in [6.45, 7) is 4.96. The molecule has 456 valence electrons. The number of aliphatic hydroxyl groups excluding tert-OH is 2. The van der Waals surface area contributed by atoms with Crippen molar-refractivity contribution in [3.8, 4) is 0 Å². The topological polar surface area (TPSA) is 95.9 Å². The fourth-order valence-electron chi connectivity index (χ4n) is 11.1. The zero-order valence-electron chi connectivity index (χ0n) is 52.2. The Morgan fingerprint density at radius 2 is 0.610 bits per heavy atom. The lowest BCUT2D eigenvalue weighted by Crippen LogP contribution is -2.45. The minimum absolute atomic E-state index is 0.00987. The molecule has 0 aromatic carbocycles. The molecule has 77 heavy (non-hydrogen) atoms. The Labute approximate surface area is 481 Å². The monoisotopic (exact) mass is 1080 g/mol. The number of amides is 1. The molecule has 0 rings (SSSR count). The first kappa shape index (κ1) is 75.3. The van der Waals surface area contributed by atoms with E-state index < -0.39 is 12.1 Å². The smallest absolute Gasteiger partial charge is 0.305 e. The van der Waals surface area contributed by atoms with Crippen LogP contribution in [0.5, 0.6) is 0 Å². The van der Waals surface area contributed by atoms with Gasteiger partial charge in [-0.25, -0.2) is 0 Å². The maximum atomic E-state index is 12.5. The largest absolute Gasteiger partial charge is 0.466 e. The van der Waals surface area contributed by atoms with Crippen LogP contribution in [0.4, 0.5) is 0 Å². The molecule has 0 aromatic heterocycles. The highest BCUT2D eigenvalue weighted by Gasteiger charge is 2.20. The van der Waals surface area contributed by atoms with Gasteiger partial charge in [-0.3, -0.25) is 9.59 Å². The van der Waals surface area contributed by atoms with Gasteiger partial charge in [-0.15, -0.1) is 0 Å². The van der Waals surface area contributed by atoms with Crippen LogP contribution < -0.4 is 5.32 Å². The second kappa shape index (κ2) is 66.8. The van der Waals surface area contributed by atoms with Crippen molar-refractivity contribution in [1.29, 1.82) is 0 Å². The summed E-state index contributed by atoms with van der Waals surface area (Å²) in [6.07, 6.45) is 83.8. The number of unbranched alkanes of at least 4 members (excludes halogenated alkanes) is 51. The number of hydrogen-bond acceptors (Lipinski definition) is 5. The molecular weight excluding hydrogens is 947 g/mol. The summed E-state index contributed by atoms with van der Waals surface area (Å²) in [6, 6.07) is -0.538. The number of ether oxygens (including phenoxy) is 1. The van der Waals surface area contributed by atoms with E-state index in [4.69, 9.17) is 4.74 Å². The van der Waals surface area contributed by atoms with Crippen molar-refractivity contribution in [1.82, 2.24) is 5.32 Å². The molecule has 0 radical (unpaired) electrons. The number of rotatable bonds is 66. The van der Waals surface area contributed by atoms with Gasteiger partial charge in [-0.1, -0.05) is 327 Å². The van der Waals surface area contributed by atoms with Crippen LogP contribution in [0, 0.1) is 0 Å². The van der Waals surface area contributed by atoms with Crippen LogP contribution in [-0.2, 0) is 14.3 Å². The third kappa shape index (κ3) is 63.4. The molecule has 0 aliphatic heterocycles. The molecular formula is C71H137NO5. The van der Waals surface area contributed by atoms with Crippen LogP contribution in [0.15, 0.2) is 24.3 Å². The fourth-order valence-corrected chi connectivity index (χ4v) is 11.1. The van der Waals surface area contributed by atoms with Crippen molar-refractivity contribution in [2.75, 3.05) is 13.2 Å². The van der Waals surface area contributed by atoms with Gasteiger partial charge in [0.15, 0.2) is 0 Å². The van der Waals surface area contributed by atoms with Crippen LogP contribution in [0.3, 0.4) is 0 Å². The summed E-state index contributed by atoms with van der Waals surface area (Å²) in [5.74, 6) is -0.0195. The molecule has 6 heteroatoms. The maximum absolute atomic E-state index is 12.5. The van der Waals surface area contributed by atoms with Crippen molar-refractivity contribution >= 4 is 11.9 Å². The highest BCUT2D eigenvalue weighted by atomic mass is 16.5. The lowest BCUT2D eigenvalue weighted by molar-refractivity contribution is -0.143. The third-order valence-corrected chi connectivity index (χ3v) is 16.5. The average Bonchev–Trinajstić information content (AvgIpc) is 3.43. The van der Waals surface area contributed by atoms with Crippen LogP contribution in [0.2, 0.25) is 0 Å². The van der Waals surface area contributed by atoms with Crippen LogP contribution >= 0.6 is 0 Å². The SMILES string of the molecule is CCCCCC/C=C\CCCCCCCC(=O)OCCCCCCCCCCCCCC/C=C\CCCCCCCCCCCCCCCCCCCC(=O)NC(CO)C(O)CCCCCCCCCCCCCCCC. The molecule has 6 nitrogen and oxygen atoms in total. The van der Waals surface area contributed by atoms with E-state index in [1.807, 2.05) is 0 Å². The van der Waals surface area contributed by atoms with Gasteiger partial charge in [-0.2, -0.15) is 0 Å². The van der Waals surface area contributed by atoms with Crippen LogP contribution in [0.25, 0.3) is 0 Å². The Hall–Kier alpha value is -1.66. The minimum Gasteiger partial charge on any atom is -0.466 e. The summed E-state index contributed by atoms with van der Waals surface area (Å²) in [7, 11) is 0. The molecule has 2 unspecified atom stereocenters. The Kier molecular flexibility index (Phi) is 65.4. The van der Waals surface area contributed by atoms with Gasteiger partial charge in [0.1, 0.15) is 0 Å². The summed E-state index contributed by atoms with van der Waals surface area (Å²) in [4.78, 5) is 24.5. The van der Waals surface area contributed by atoms with E-state index in [1.165, 1.54) is 315 Å². The van der Waals surface area contributed by atoms with E-state index in [2.05, 4.69) is 43.5 Å². The number of hydrogen-bond donors (Lipinski definition) is 3. The Bertz CT molecular complexity index is 1200. The van der Waals surface area contributed by atoms with Crippen molar-refractivity contribution in [3.05, 3.63) is 24.3 Å². The molecule has 0 heterocycles. The van der Waals surface area contributed by atoms with Crippen LogP contribution in [0.1, 0.15) is 393 Å². The number of carbonyl (C=O) groups is 2. The van der Waals surface area contributed by atoms with Crippen molar-refractivity contribution in [2.45, 2.75) is 405 Å². The predicted molar refractivity (Wildman–Crippen MR) is 338 cm³/mol. The van der Waals surface area contributed by atoms with Crippen molar-refractivity contribution in [2.24, 2.45) is 0 Å². The highest BCUT2D eigenvalue weighted by Crippen LogP contribution is 2.19. The summed E-state index contributed by atoms with van der Waals surface area (Å²) < 4.78 is 5.48. The average molecular weight is 1080 g/mol. The first-order chi connectivity index (χ1) is 38.0. The second-order valence-electron chi connectivity index (χ2n) is 24.2. The molecule has 0 saturated heterocycles. The van der Waals surface area contributed by atoms with Gasteiger partial charge in [-0.05, 0) is 77.0 Å². The Morgan fingerprint density at radius 1 is 0.351 bits per heavy atom. The molecule has 0 saturated carbocycles. The molecule has 3 N–H and O–H groups in total. The van der Waals surface area contributed by atoms with Crippen molar-refractivity contribution in [3.63, 3.8) is 0 Å². The summed E-state index contributed by atoms with van der Waals surface area (Å²) in [5.41, 5.74) is 0. The van der Waals surface area contributed by atoms with E-state index in [0.29, 0.717) is 25.9 Å². The summed E-state index contributed by atoms with van der Waals surface area (Å²) in [5, 5.41) is 23.3. The number of nitrogens with one attached hydrogen (secondary N) is 1. The molecule has 0 bridgehead atoms. The van der Waals surface area contributed by atoms with E-state index in [9.17, 15) is 19.8 Å². The fraction of sp³-hybridized carbons (Fsp3) is 0.915. The molecule has 0 aliphatic rings. The standard InChI is InChI=1S/C71H137NO5/c1-3-5-7-9-11-13-15-17-40-43-47-51-55-59-63-69(74)68(67-73)72-70(75)64-60-56-52-48-44-41-37-35-33-31-29-27-25-23-21-19-18-20-22-24-26-28-30-32-34-36-38-42-46-50-54-58-62-66-77-71(76)65-61-57-53-49-45-39-16-14-12-10-8-6-4-2/h14,16,22,24,68-69,73-74H,3-13,15,17-21,23,25-67H2,1-2H3,(H,72,75)/b16-14-,24-22-. The lowest BCUT2D eigenvalue weighted by Gasteiger charge is -2.22. The van der Waals surface area contributed by atoms with E-state index in [1.54, 1.807) is 0 Å². The quantitative estimate of drug-likeness (QED) is 0.0320. The van der Waals surface area contributed by atoms with Gasteiger partial charge < -0.3 is 20.3 Å². The van der Waals surface area contributed by atoms with Gasteiger partial charge in [0.25, 0.3) is 0 Å². The number of allylic oxidation sites excluding steroid dienone is 4. The highest BCUT2D eigenvalue weighted by molar-refractivity contribution is 5.76. The second-order valence-corrected chi connectivity index (χ2v) is 24.2. The lowest BCUT2D eigenvalue weighted by atomic mass is 10.0. The number of carbonyl (C=O) groups excluding carboxylic acids is 2. The van der Waals surface area contributed by atoms with Gasteiger partial charge in [0.2, 0.25) is 5.91 Å². The maximum Gasteiger partial charge on any atom is 0.305 e. The van der Waals surface area contributed by atoms with Crippen molar-refractivity contribution < 1.29 is 24.5 Å². The molecule has 0 spiro atoms. The van der Waals surface area contributed by atoms with E-state index in [0.717, 1.165) is 44.9 Å². The Morgan fingerprint density at radius 3 is 0.935 bits per heavy atom.